The summed E-state index contributed by atoms with van der Waals surface area (Å²) < 4.78 is 1.89. The monoisotopic (exact) mass is 394 g/mol. The van der Waals surface area contributed by atoms with Gasteiger partial charge in [0, 0.05) is 18.2 Å². The van der Waals surface area contributed by atoms with Gasteiger partial charge in [0.05, 0.1) is 29.0 Å². The van der Waals surface area contributed by atoms with Crippen molar-refractivity contribution in [2.45, 2.75) is 57.1 Å². The van der Waals surface area contributed by atoms with E-state index < -0.39 is 0 Å². The summed E-state index contributed by atoms with van der Waals surface area (Å²) in [6, 6.07) is 12.0. The summed E-state index contributed by atoms with van der Waals surface area (Å²) >= 11 is 1.48. The lowest BCUT2D eigenvalue weighted by molar-refractivity contribution is 0.173. The minimum absolute atomic E-state index is 0.0181. The molecule has 0 unspecified atom stereocenters. The molecule has 1 aliphatic rings. The Morgan fingerprint density at radius 3 is 2.82 bits per heavy atom. The Labute approximate surface area is 170 Å². The molecule has 146 valence electrons. The quantitative estimate of drug-likeness (QED) is 0.512. The molecule has 4 atom stereocenters. The van der Waals surface area contributed by atoms with Gasteiger partial charge in [0.2, 0.25) is 0 Å². The number of rotatable bonds is 6. The lowest BCUT2D eigenvalue weighted by Crippen LogP contribution is -2.35. The third kappa shape index (κ3) is 4.23. The van der Waals surface area contributed by atoms with E-state index in [1.165, 1.54) is 18.2 Å². The van der Waals surface area contributed by atoms with Crippen LogP contribution in [0.1, 0.15) is 52.0 Å². The van der Waals surface area contributed by atoms with Crippen LogP contribution in [0.25, 0.3) is 10.9 Å². The highest BCUT2D eigenvalue weighted by Crippen LogP contribution is 2.39. The van der Waals surface area contributed by atoms with Gasteiger partial charge in [-0.3, -0.25) is 9.36 Å². The van der Waals surface area contributed by atoms with Crippen molar-refractivity contribution in [2.24, 2.45) is 17.8 Å². The van der Waals surface area contributed by atoms with Gasteiger partial charge in [0.25, 0.3) is 5.56 Å². The third-order valence-corrected chi connectivity index (χ3v) is 7.09. The maximum atomic E-state index is 13.4. The summed E-state index contributed by atoms with van der Waals surface area (Å²) in [5.41, 5.74) is 0.720. The summed E-state index contributed by atoms with van der Waals surface area (Å²) in [7, 11) is 0. The highest BCUT2D eigenvalue weighted by Gasteiger charge is 2.31. The van der Waals surface area contributed by atoms with Gasteiger partial charge in [-0.1, -0.05) is 50.6 Å². The first-order valence-electron chi connectivity index (χ1n) is 9.97. The van der Waals surface area contributed by atoms with Crippen molar-refractivity contribution in [3.05, 3.63) is 34.6 Å². The van der Waals surface area contributed by atoms with E-state index >= 15 is 0 Å². The van der Waals surface area contributed by atoms with Crippen molar-refractivity contribution in [2.75, 3.05) is 5.75 Å². The standard InChI is InChI=1S/C22H26N4OS/c1-15-7-5-11-20(16(15)2)26-21(27)18-9-3-4-10-19(18)25-22(26)28-14-17(13-24)8-6-12-23/h3-4,9-10,15-17,20H,5-8,11,14H2,1-2H3/t15-,16+,17-,20+/m0/s1. The van der Waals surface area contributed by atoms with Gasteiger partial charge >= 0.3 is 0 Å². The number of thioether (sulfide) groups is 1. The summed E-state index contributed by atoms with van der Waals surface area (Å²) in [5, 5.41) is 19.5. The van der Waals surface area contributed by atoms with Crippen LogP contribution in [0.4, 0.5) is 0 Å². The van der Waals surface area contributed by atoms with Crippen molar-refractivity contribution in [1.29, 1.82) is 10.5 Å². The van der Waals surface area contributed by atoms with Crippen molar-refractivity contribution >= 4 is 22.7 Å². The van der Waals surface area contributed by atoms with Crippen LogP contribution in [-0.4, -0.2) is 15.3 Å². The SMILES string of the molecule is C[C@H]1[C@H](n2c(SC[C@H](C#N)CCC#N)nc3ccccc3c2=O)CCC[C@@H]1C. The Bertz CT molecular complexity index is 971. The van der Waals surface area contributed by atoms with Gasteiger partial charge in [-0.25, -0.2) is 4.98 Å². The summed E-state index contributed by atoms with van der Waals surface area (Å²) in [6.45, 7) is 4.49. The van der Waals surface area contributed by atoms with Gasteiger partial charge in [-0.15, -0.1) is 0 Å². The van der Waals surface area contributed by atoms with Crippen LogP contribution in [0.3, 0.4) is 0 Å². The van der Waals surface area contributed by atoms with E-state index in [0.29, 0.717) is 46.5 Å². The molecule has 3 rings (SSSR count). The zero-order valence-electron chi connectivity index (χ0n) is 16.5. The number of fused-ring (bicyclic) bond motifs is 1. The molecule has 1 aromatic heterocycles. The molecule has 5 nitrogen and oxygen atoms in total. The molecule has 0 radical (unpaired) electrons. The van der Waals surface area contributed by atoms with E-state index in [-0.39, 0.29) is 17.5 Å². The molecule has 6 heteroatoms. The van der Waals surface area contributed by atoms with Crippen molar-refractivity contribution in [1.82, 2.24) is 9.55 Å². The first-order valence-corrected chi connectivity index (χ1v) is 11.0. The number of aromatic nitrogens is 2. The van der Waals surface area contributed by atoms with Crippen molar-refractivity contribution in [3.63, 3.8) is 0 Å². The number of hydrogen-bond donors (Lipinski definition) is 0. The molecular formula is C22H26N4OS. The van der Waals surface area contributed by atoms with Crippen LogP contribution in [0.2, 0.25) is 0 Å². The van der Waals surface area contributed by atoms with Crippen LogP contribution < -0.4 is 5.56 Å². The molecule has 1 aromatic carbocycles. The molecule has 0 spiro atoms. The fourth-order valence-electron chi connectivity index (χ4n) is 4.04. The predicted molar refractivity (Wildman–Crippen MR) is 112 cm³/mol. The predicted octanol–water partition coefficient (Wildman–Crippen LogP) is 4.93. The minimum atomic E-state index is -0.218. The van der Waals surface area contributed by atoms with E-state index in [4.69, 9.17) is 10.2 Å². The molecule has 1 fully saturated rings. The second-order valence-corrected chi connectivity index (χ2v) is 8.74. The molecular weight excluding hydrogens is 368 g/mol. The smallest absolute Gasteiger partial charge is 0.262 e. The normalized spacial score (nSPS) is 23.1. The molecule has 1 heterocycles. The molecule has 0 amide bonds. The average Bonchev–Trinajstić information content (AvgIpc) is 2.71. The first kappa shape index (κ1) is 20.4. The first-order chi connectivity index (χ1) is 13.6. The second-order valence-electron chi connectivity index (χ2n) is 7.76. The number of nitriles is 2. The topological polar surface area (TPSA) is 82.5 Å². The Hall–Kier alpha value is -2.31. The van der Waals surface area contributed by atoms with Crippen LogP contribution >= 0.6 is 11.8 Å². The van der Waals surface area contributed by atoms with Crippen LogP contribution in [-0.2, 0) is 0 Å². The summed E-state index contributed by atoms with van der Waals surface area (Å²) in [4.78, 5) is 18.2. The van der Waals surface area contributed by atoms with Crippen molar-refractivity contribution < 1.29 is 0 Å². The van der Waals surface area contributed by atoms with E-state index in [1.54, 1.807) is 0 Å². The fraction of sp³-hybridized carbons (Fsp3) is 0.545. The Morgan fingerprint density at radius 1 is 1.29 bits per heavy atom. The Balaban J connectivity index is 2.01. The van der Waals surface area contributed by atoms with Gasteiger partial charge in [-0.05, 0) is 36.8 Å². The number of hydrogen-bond acceptors (Lipinski definition) is 5. The molecule has 0 bridgehead atoms. The zero-order valence-corrected chi connectivity index (χ0v) is 17.3. The third-order valence-electron chi connectivity index (χ3n) is 5.97. The van der Waals surface area contributed by atoms with Gasteiger partial charge < -0.3 is 0 Å². The number of para-hydroxylation sites is 1. The average molecular weight is 395 g/mol. The van der Waals surface area contributed by atoms with Gasteiger partial charge in [0.15, 0.2) is 5.16 Å². The van der Waals surface area contributed by atoms with Crippen LogP contribution in [0, 0.1) is 40.4 Å². The van der Waals surface area contributed by atoms with E-state index in [9.17, 15) is 10.1 Å². The van der Waals surface area contributed by atoms with Crippen molar-refractivity contribution in [3.8, 4) is 12.1 Å². The second kappa shape index (κ2) is 9.26. The number of nitrogens with zero attached hydrogens (tertiary/aromatic N) is 4. The molecule has 2 aromatic rings. The van der Waals surface area contributed by atoms with Gasteiger partial charge in [0.1, 0.15) is 0 Å². The van der Waals surface area contributed by atoms with E-state index in [2.05, 4.69) is 26.0 Å². The lowest BCUT2D eigenvalue weighted by Gasteiger charge is -2.36. The van der Waals surface area contributed by atoms with E-state index in [0.717, 1.165) is 12.8 Å². The minimum Gasteiger partial charge on any atom is -0.284 e. The maximum Gasteiger partial charge on any atom is 0.262 e. The van der Waals surface area contributed by atoms with Gasteiger partial charge in [-0.2, -0.15) is 10.5 Å². The highest BCUT2D eigenvalue weighted by atomic mass is 32.2. The molecule has 1 saturated carbocycles. The van der Waals surface area contributed by atoms with Crippen LogP contribution in [0.5, 0.6) is 0 Å². The summed E-state index contributed by atoms with van der Waals surface area (Å²) in [5.74, 6) is 1.29. The number of benzene rings is 1. The summed E-state index contributed by atoms with van der Waals surface area (Å²) in [6.07, 6.45) is 4.21. The molecule has 0 N–H and O–H groups in total. The molecule has 1 aliphatic carbocycles. The Kier molecular flexibility index (Phi) is 6.75. The molecule has 28 heavy (non-hydrogen) atoms. The largest absolute Gasteiger partial charge is 0.284 e. The Morgan fingerprint density at radius 2 is 2.07 bits per heavy atom. The molecule has 0 aliphatic heterocycles. The zero-order chi connectivity index (χ0) is 20.1. The van der Waals surface area contributed by atoms with E-state index in [1.807, 2.05) is 28.8 Å². The molecule has 0 saturated heterocycles. The maximum absolute atomic E-state index is 13.4. The van der Waals surface area contributed by atoms with Crippen LogP contribution in [0.15, 0.2) is 34.2 Å². The lowest BCUT2D eigenvalue weighted by atomic mass is 9.78. The highest BCUT2D eigenvalue weighted by molar-refractivity contribution is 7.99. The fourth-order valence-corrected chi connectivity index (χ4v) is 5.15.